The molecule has 0 aliphatic carbocycles. The molecule has 0 saturated heterocycles. The molecular formula is C8H13NSi. The SMILES string of the molecule is [SiH4].c1ccc2c(c1)CCN2. The van der Waals surface area contributed by atoms with Crippen molar-refractivity contribution in [2.75, 3.05) is 11.9 Å². The van der Waals surface area contributed by atoms with Crippen molar-refractivity contribution in [1.29, 1.82) is 0 Å². The summed E-state index contributed by atoms with van der Waals surface area (Å²) in [5.74, 6) is 0. The van der Waals surface area contributed by atoms with Crippen LogP contribution in [0.1, 0.15) is 5.56 Å². The highest BCUT2D eigenvalue weighted by Gasteiger charge is 2.05. The van der Waals surface area contributed by atoms with Crippen LogP contribution in [0.3, 0.4) is 0 Å². The molecule has 1 aromatic carbocycles. The van der Waals surface area contributed by atoms with Crippen molar-refractivity contribution in [2.45, 2.75) is 6.42 Å². The van der Waals surface area contributed by atoms with Crippen LogP contribution in [-0.2, 0) is 6.42 Å². The molecule has 1 aliphatic rings. The lowest BCUT2D eigenvalue weighted by Gasteiger charge is -1.94. The van der Waals surface area contributed by atoms with E-state index in [0.29, 0.717) is 0 Å². The van der Waals surface area contributed by atoms with Crippen LogP contribution < -0.4 is 5.32 Å². The molecule has 0 spiro atoms. The molecule has 1 nitrogen and oxygen atoms in total. The summed E-state index contributed by atoms with van der Waals surface area (Å²) in [6, 6.07) is 8.46. The van der Waals surface area contributed by atoms with Crippen LogP contribution in [-0.4, -0.2) is 17.5 Å². The molecule has 0 atom stereocenters. The summed E-state index contributed by atoms with van der Waals surface area (Å²) < 4.78 is 0. The van der Waals surface area contributed by atoms with Gasteiger partial charge in [-0.15, -0.1) is 0 Å². The molecular weight excluding hydrogens is 138 g/mol. The van der Waals surface area contributed by atoms with E-state index >= 15 is 0 Å². The molecule has 54 valence electrons. The summed E-state index contributed by atoms with van der Waals surface area (Å²) in [7, 11) is 0. The van der Waals surface area contributed by atoms with E-state index in [-0.39, 0.29) is 11.0 Å². The second-order valence-corrected chi connectivity index (χ2v) is 2.33. The number of nitrogens with one attached hydrogen (secondary N) is 1. The quantitative estimate of drug-likeness (QED) is 0.522. The first kappa shape index (κ1) is 7.35. The zero-order valence-electron chi connectivity index (χ0n) is 5.22. The number of rotatable bonds is 0. The maximum atomic E-state index is 3.30. The van der Waals surface area contributed by atoms with Gasteiger partial charge in [0.2, 0.25) is 0 Å². The van der Waals surface area contributed by atoms with Crippen LogP contribution in [0.2, 0.25) is 0 Å². The van der Waals surface area contributed by atoms with Gasteiger partial charge in [0.1, 0.15) is 0 Å². The van der Waals surface area contributed by atoms with Gasteiger partial charge in [-0.3, -0.25) is 0 Å². The third kappa shape index (κ3) is 1.07. The Bertz CT molecular complexity index is 199. The second-order valence-electron chi connectivity index (χ2n) is 2.33. The fourth-order valence-corrected chi connectivity index (χ4v) is 1.24. The highest BCUT2D eigenvalue weighted by Crippen LogP contribution is 2.19. The summed E-state index contributed by atoms with van der Waals surface area (Å²) in [4.78, 5) is 0. The molecule has 0 bridgehead atoms. The van der Waals surface area contributed by atoms with Gasteiger partial charge >= 0.3 is 0 Å². The molecule has 1 N–H and O–H groups in total. The van der Waals surface area contributed by atoms with Gasteiger partial charge in [-0.2, -0.15) is 0 Å². The Kier molecular flexibility index (Phi) is 2.12. The molecule has 0 aromatic heterocycles. The van der Waals surface area contributed by atoms with E-state index in [4.69, 9.17) is 0 Å². The number of anilines is 1. The number of hydrogen-bond acceptors (Lipinski definition) is 1. The molecule has 1 heterocycles. The number of hydrogen-bond donors (Lipinski definition) is 1. The van der Waals surface area contributed by atoms with E-state index in [1.54, 1.807) is 0 Å². The van der Waals surface area contributed by atoms with Gasteiger partial charge in [-0.25, -0.2) is 0 Å². The molecule has 0 radical (unpaired) electrons. The Morgan fingerprint density at radius 3 is 2.80 bits per heavy atom. The minimum Gasteiger partial charge on any atom is -0.384 e. The van der Waals surface area contributed by atoms with E-state index in [9.17, 15) is 0 Å². The lowest BCUT2D eigenvalue weighted by Crippen LogP contribution is -1.90. The van der Waals surface area contributed by atoms with Crippen LogP contribution in [0.25, 0.3) is 0 Å². The summed E-state index contributed by atoms with van der Waals surface area (Å²) in [6.07, 6.45) is 1.19. The second kappa shape index (κ2) is 2.88. The van der Waals surface area contributed by atoms with Crippen molar-refractivity contribution in [3.8, 4) is 0 Å². The van der Waals surface area contributed by atoms with Crippen LogP contribution in [0.4, 0.5) is 5.69 Å². The normalized spacial score (nSPS) is 13.2. The van der Waals surface area contributed by atoms with Gasteiger partial charge in [0.05, 0.1) is 0 Å². The van der Waals surface area contributed by atoms with Gasteiger partial charge in [0, 0.05) is 12.2 Å². The third-order valence-electron chi connectivity index (χ3n) is 1.73. The van der Waals surface area contributed by atoms with Crippen molar-refractivity contribution in [3.05, 3.63) is 29.8 Å². The van der Waals surface area contributed by atoms with Crippen molar-refractivity contribution in [3.63, 3.8) is 0 Å². The zero-order valence-corrected chi connectivity index (χ0v) is 5.22. The summed E-state index contributed by atoms with van der Waals surface area (Å²) in [5, 5.41) is 3.30. The Balaban J connectivity index is 0.000000500. The molecule has 1 aromatic rings. The molecule has 0 saturated carbocycles. The summed E-state index contributed by atoms with van der Waals surface area (Å²) in [6.45, 7) is 1.11. The smallest absolute Gasteiger partial charge is 0.0373 e. The largest absolute Gasteiger partial charge is 0.384 e. The lowest BCUT2D eigenvalue weighted by molar-refractivity contribution is 1.11. The van der Waals surface area contributed by atoms with Crippen LogP contribution in [0.15, 0.2) is 24.3 Å². The minimum atomic E-state index is 0. The summed E-state index contributed by atoms with van der Waals surface area (Å²) in [5.41, 5.74) is 2.77. The van der Waals surface area contributed by atoms with E-state index in [1.165, 1.54) is 17.7 Å². The monoisotopic (exact) mass is 151 g/mol. The Hall–Kier alpha value is -0.763. The molecule has 2 heteroatoms. The van der Waals surface area contributed by atoms with Gasteiger partial charge in [-0.05, 0) is 29.0 Å². The van der Waals surface area contributed by atoms with Gasteiger partial charge < -0.3 is 5.32 Å². The first-order valence-corrected chi connectivity index (χ1v) is 3.28. The van der Waals surface area contributed by atoms with Crippen molar-refractivity contribution >= 4 is 16.7 Å². The lowest BCUT2D eigenvalue weighted by atomic mass is 10.2. The first-order chi connectivity index (χ1) is 4.47. The molecule has 0 unspecified atom stereocenters. The Morgan fingerprint density at radius 2 is 2.00 bits per heavy atom. The fraction of sp³-hybridized carbons (Fsp3) is 0.250. The predicted octanol–water partition coefficient (Wildman–Crippen LogP) is 0.203. The van der Waals surface area contributed by atoms with Crippen LogP contribution in [0.5, 0.6) is 0 Å². The molecule has 2 rings (SSSR count). The first-order valence-electron chi connectivity index (χ1n) is 3.28. The standard InChI is InChI=1S/C8H9N.H4Si/c1-2-4-8-7(3-1)5-6-9-8;/h1-4,9H,5-6H2;1H4. The minimum absolute atomic E-state index is 0. The van der Waals surface area contributed by atoms with Crippen molar-refractivity contribution in [1.82, 2.24) is 0 Å². The average molecular weight is 151 g/mol. The number of benzene rings is 1. The highest BCUT2D eigenvalue weighted by molar-refractivity contribution is 5.75. The Morgan fingerprint density at radius 1 is 1.20 bits per heavy atom. The van der Waals surface area contributed by atoms with Crippen LogP contribution in [0, 0.1) is 0 Å². The average Bonchev–Trinajstić information content (AvgIpc) is 2.33. The number of fused-ring (bicyclic) bond motifs is 1. The number of para-hydroxylation sites is 1. The van der Waals surface area contributed by atoms with E-state index in [2.05, 4.69) is 29.6 Å². The highest BCUT2D eigenvalue weighted by atomic mass is 28.1. The zero-order chi connectivity index (χ0) is 6.10. The van der Waals surface area contributed by atoms with E-state index < -0.39 is 0 Å². The molecule has 10 heavy (non-hydrogen) atoms. The molecule has 1 aliphatic heterocycles. The molecule has 0 fully saturated rings. The predicted molar refractivity (Wildman–Crippen MR) is 50.0 cm³/mol. The fourth-order valence-electron chi connectivity index (χ4n) is 1.24. The van der Waals surface area contributed by atoms with Gasteiger partial charge in [0.25, 0.3) is 0 Å². The van der Waals surface area contributed by atoms with E-state index in [1.807, 2.05) is 0 Å². The Labute approximate surface area is 65.5 Å². The van der Waals surface area contributed by atoms with Crippen LogP contribution >= 0.6 is 0 Å². The summed E-state index contributed by atoms with van der Waals surface area (Å²) >= 11 is 0. The van der Waals surface area contributed by atoms with Gasteiger partial charge in [-0.1, -0.05) is 18.2 Å². The maximum absolute atomic E-state index is 3.30. The topological polar surface area (TPSA) is 12.0 Å². The molecule has 0 amide bonds. The maximum Gasteiger partial charge on any atom is 0.0373 e. The van der Waals surface area contributed by atoms with Crippen molar-refractivity contribution in [2.24, 2.45) is 0 Å². The van der Waals surface area contributed by atoms with Crippen molar-refractivity contribution < 1.29 is 0 Å². The van der Waals surface area contributed by atoms with E-state index in [0.717, 1.165) is 6.54 Å². The third-order valence-corrected chi connectivity index (χ3v) is 1.73. The van der Waals surface area contributed by atoms with Gasteiger partial charge in [0.15, 0.2) is 0 Å².